The number of methoxy groups -OCH3 is 3. The maximum absolute atomic E-state index is 13.4. The molecule has 1 aromatic heterocycles. The van der Waals surface area contributed by atoms with E-state index in [1.165, 1.54) is 27.4 Å². The highest BCUT2D eigenvalue weighted by Gasteiger charge is 2.34. The molecule has 0 fully saturated rings. The predicted molar refractivity (Wildman–Crippen MR) is 96.1 cm³/mol. The minimum Gasteiger partial charge on any atom is -0.496 e. The van der Waals surface area contributed by atoms with Gasteiger partial charge < -0.3 is 19.5 Å². The fraction of sp³-hybridized carbons (Fsp3) is 0.211. The van der Waals surface area contributed by atoms with E-state index in [-0.39, 0.29) is 17.0 Å². The van der Waals surface area contributed by atoms with Gasteiger partial charge in [0.25, 0.3) is 0 Å². The summed E-state index contributed by atoms with van der Waals surface area (Å²) in [5.74, 6) is 1.06. The molecule has 2 aromatic carbocycles. The number of pyridine rings is 1. The number of nitrogens with one attached hydrogen (secondary N) is 1. The molecule has 1 heterocycles. The Morgan fingerprint density at radius 2 is 1.44 bits per heavy atom. The van der Waals surface area contributed by atoms with Crippen molar-refractivity contribution in [2.75, 3.05) is 26.6 Å². The molecule has 0 saturated heterocycles. The third-order valence-electron chi connectivity index (χ3n) is 3.99. The van der Waals surface area contributed by atoms with Crippen molar-refractivity contribution in [2.24, 2.45) is 0 Å². The van der Waals surface area contributed by atoms with Crippen molar-refractivity contribution >= 4 is 22.3 Å². The average molecular weight is 378 g/mol. The molecular formula is C19H17F3N2O3. The Labute approximate surface area is 153 Å². The molecule has 0 atom stereocenters. The quantitative estimate of drug-likeness (QED) is 0.675. The molecule has 3 rings (SSSR count). The molecule has 3 aromatic rings. The smallest absolute Gasteiger partial charge is 0.433 e. The van der Waals surface area contributed by atoms with Crippen LogP contribution in [0.4, 0.5) is 24.5 Å². The Morgan fingerprint density at radius 3 is 2.07 bits per heavy atom. The molecule has 0 aliphatic rings. The van der Waals surface area contributed by atoms with Crippen molar-refractivity contribution in [3.63, 3.8) is 0 Å². The van der Waals surface area contributed by atoms with Gasteiger partial charge in [0, 0.05) is 0 Å². The fourth-order valence-corrected chi connectivity index (χ4v) is 2.76. The van der Waals surface area contributed by atoms with Crippen LogP contribution in [0.3, 0.4) is 0 Å². The van der Waals surface area contributed by atoms with Crippen molar-refractivity contribution in [3.05, 3.63) is 48.2 Å². The van der Waals surface area contributed by atoms with Gasteiger partial charge in [0.1, 0.15) is 28.5 Å². The summed E-state index contributed by atoms with van der Waals surface area (Å²) in [6, 6.07) is 11.0. The third kappa shape index (κ3) is 3.55. The van der Waals surface area contributed by atoms with Gasteiger partial charge >= 0.3 is 6.18 Å². The van der Waals surface area contributed by atoms with Crippen LogP contribution >= 0.6 is 0 Å². The highest BCUT2D eigenvalue weighted by atomic mass is 19.4. The zero-order chi connectivity index (χ0) is 19.6. The van der Waals surface area contributed by atoms with Crippen molar-refractivity contribution < 1.29 is 27.4 Å². The molecule has 0 aliphatic carbocycles. The monoisotopic (exact) mass is 378 g/mol. The maximum atomic E-state index is 13.4. The molecule has 0 spiro atoms. The highest BCUT2D eigenvalue weighted by Crippen LogP contribution is 2.42. The molecule has 0 saturated carbocycles. The fourth-order valence-electron chi connectivity index (χ4n) is 2.76. The number of benzene rings is 2. The van der Waals surface area contributed by atoms with E-state index in [0.717, 1.165) is 6.07 Å². The van der Waals surface area contributed by atoms with E-state index in [9.17, 15) is 13.2 Å². The van der Waals surface area contributed by atoms with Crippen LogP contribution in [0.25, 0.3) is 10.9 Å². The standard InChI is InChI=1S/C19H17F3N2O3/c1-25-13-7-5-4-6-11(13)23-12-10-16(19(20,21)22)24-18-15(27-3)9-8-14(26-2)17(12)18/h4-10H,1-3H3,(H,23,24). The molecule has 0 radical (unpaired) electrons. The van der Waals surface area contributed by atoms with Crippen LogP contribution in [-0.2, 0) is 6.18 Å². The van der Waals surface area contributed by atoms with Gasteiger partial charge in [0.05, 0.1) is 38.1 Å². The van der Waals surface area contributed by atoms with Gasteiger partial charge in [-0.2, -0.15) is 13.2 Å². The van der Waals surface area contributed by atoms with Crippen molar-refractivity contribution in [1.82, 2.24) is 4.98 Å². The van der Waals surface area contributed by atoms with Gasteiger partial charge in [-0.25, -0.2) is 4.98 Å². The van der Waals surface area contributed by atoms with E-state index in [1.54, 1.807) is 30.3 Å². The molecule has 5 nitrogen and oxygen atoms in total. The Hall–Kier alpha value is -3.16. The van der Waals surface area contributed by atoms with Crippen LogP contribution in [0.1, 0.15) is 5.69 Å². The topological polar surface area (TPSA) is 52.6 Å². The molecule has 0 unspecified atom stereocenters. The minimum absolute atomic E-state index is 0.0454. The van der Waals surface area contributed by atoms with Crippen LogP contribution in [0.5, 0.6) is 17.2 Å². The molecule has 0 aliphatic heterocycles. The summed E-state index contributed by atoms with van der Waals surface area (Å²) in [7, 11) is 4.29. The van der Waals surface area contributed by atoms with Gasteiger partial charge in [0.2, 0.25) is 0 Å². The average Bonchev–Trinajstić information content (AvgIpc) is 2.66. The second-order valence-electron chi connectivity index (χ2n) is 5.57. The van der Waals surface area contributed by atoms with E-state index in [1.807, 2.05) is 0 Å². The lowest BCUT2D eigenvalue weighted by atomic mass is 10.1. The summed E-state index contributed by atoms with van der Waals surface area (Å²) in [6.07, 6.45) is -4.63. The first-order valence-corrected chi connectivity index (χ1v) is 7.92. The Bertz CT molecular complexity index is 974. The van der Waals surface area contributed by atoms with E-state index < -0.39 is 11.9 Å². The van der Waals surface area contributed by atoms with Crippen LogP contribution in [0.15, 0.2) is 42.5 Å². The van der Waals surface area contributed by atoms with Gasteiger partial charge in [-0.3, -0.25) is 0 Å². The number of alkyl halides is 3. The molecule has 142 valence electrons. The number of hydrogen-bond acceptors (Lipinski definition) is 5. The Morgan fingerprint density at radius 1 is 0.815 bits per heavy atom. The first kappa shape index (κ1) is 18.6. The lowest BCUT2D eigenvalue weighted by Gasteiger charge is -2.18. The first-order valence-electron chi connectivity index (χ1n) is 7.92. The van der Waals surface area contributed by atoms with Crippen molar-refractivity contribution in [1.29, 1.82) is 0 Å². The van der Waals surface area contributed by atoms with Gasteiger partial charge in [-0.05, 0) is 30.3 Å². The number of para-hydroxylation sites is 2. The summed E-state index contributed by atoms with van der Waals surface area (Å²) >= 11 is 0. The van der Waals surface area contributed by atoms with E-state index in [0.29, 0.717) is 22.6 Å². The molecule has 0 amide bonds. The van der Waals surface area contributed by atoms with Crippen molar-refractivity contribution in [2.45, 2.75) is 6.18 Å². The lowest BCUT2D eigenvalue weighted by Crippen LogP contribution is -2.10. The van der Waals surface area contributed by atoms with E-state index in [4.69, 9.17) is 14.2 Å². The predicted octanol–water partition coefficient (Wildman–Crippen LogP) is 5.02. The third-order valence-corrected chi connectivity index (χ3v) is 3.99. The highest BCUT2D eigenvalue weighted by molar-refractivity contribution is 6.01. The van der Waals surface area contributed by atoms with Crippen molar-refractivity contribution in [3.8, 4) is 17.2 Å². The number of rotatable bonds is 5. The zero-order valence-corrected chi connectivity index (χ0v) is 14.8. The minimum atomic E-state index is -4.63. The summed E-state index contributed by atoms with van der Waals surface area (Å²) in [6.45, 7) is 0. The Kier molecular flexibility index (Phi) is 4.98. The summed E-state index contributed by atoms with van der Waals surface area (Å²) in [5, 5.41) is 3.38. The SMILES string of the molecule is COc1ccccc1Nc1cc(C(F)(F)F)nc2c(OC)ccc(OC)c12. The summed E-state index contributed by atoms with van der Waals surface area (Å²) in [4.78, 5) is 3.77. The van der Waals surface area contributed by atoms with Gasteiger partial charge in [-0.1, -0.05) is 12.1 Å². The molecular weight excluding hydrogens is 361 g/mol. The summed E-state index contributed by atoms with van der Waals surface area (Å²) in [5.41, 5.74) is -0.318. The normalized spacial score (nSPS) is 11.3. The second kappa shape index (κ2) is 7.22. The molecule has 27 heavy (non-hydrogen) atoms. The number of aromatic nitrogens is 1. The lowest BCUT2D eigenvalue weighted by molar-refractivity contribution is -0.140. The molecule has 8 heteroatoms. The number of halogens is 3. The molecule has 0 bridgehead atoms. The second-order valence-corrected chi connectivity index (χ2v) is 5.57. The van der Waals surface area contributed by atoms with E-state index >= 15 is 0 Å². The Balaban J connectivity index is 2.31. The zero-order valence-electron chi connectivity index (χ0n) is 14.8. The number of ether oxygens (including phenoxy) is 3. The first-order chi connectivity index (χ1) is 12.9. The van der Waals surface area contributed by atoms with Crippen LogP contribution in [-0.4, -0.2) is 26.3 Å². The van der Waals surface area contributed by atoms with Crippen LogP contribution in [0, 0.1) is 0 Å². The van der Waals surface area contributed by atoms with Gasteiger partial charge in [-0.15, -0.1) is 0 Å². The largest absolute Gasteiger partial charge is 0.496 e. The van der Waals surface area contributed by atoms with Gasteiger partial charge in [0.15, 0.2) is 0 Å². The number of nitrogens with zero attached hydrogens (tertiary/aromatic N) is 1. The summed E-state index contributed by atoms with van der Waals surface area (Å²) < 4.78 is 56.1. The number of fused-ring (bicyclic) bond motifs is 1. The maximum Gasteiger partial charge on any atom is 0.433 e. The van der Waals surface area contributed by atoms with Crippen LogP contribution < -0.4 is 19.5 Å². The number of hydrogen-bond donors (Lipinski definition) is 1. The molecule has 1 N–H and O–H groups in total. The van der Waals surface area contributed by atoms with E-state index in [2.05, 4.69) is 10.3 Å². The number of anilines is 2. The van der Waals surface area contributed by atoms with Crippen LogP contribution in [0.2, 0.25) is 0 Å².